The van der Waals surface area contributed by atoms with Crippen molar-refractivity contribution in [1.82, 2.24) is 15.5 Å². The number of halogens is 1. The Kier molecular flexibility index (Phi) is 11.7. The van der Waals surface area contributed by atoms with Gasteiger partial charge in [-0.05, 0) is 25.8 Å². The standard InChI is InChI=1S/C22H36N4O2.HI/c1-2-23-22(25-20-9-4-3-5-10-20)24-18-19-8-6-7-11-21(19)28-17-14-26-12-15-27-16-13-26;/h6-8,11,20H,2-5,9-10,12-18H2,1H3,(H2,23,24,25);1H. The van der Waals surface area contributed by atoms with Gasteiger partial charge in [0, 0.05) is 37.8 Å². The minimum absolute atomic E-state index is 0. The Morgan fingerprint density at radius 1 is 1.17 bits per heavy atom. The van der Waals surface area contributed by atoms with Crippen LogP contribution in [0, 0.1) is 0 Å². The molecule has 3 rings (SSSR count). The molecule has 0 aromatic heterocycles. The van der Waals surface area contributed by atoms with Crippen LogP contribution < -0.4 is 15.4 Å². The molecule has 6 nitrogen and oxygen atoms in total. The van der Waals surface area contributed by atoms with Crippen LogP contribution in [0.25, 0.3) is 0 Å². The molecule has 1 heterocycles. The van der Waals surface area contributed by atoms with Crippen LogP contribution in [-0.2, 0) is 11.3 Å². The van der Waals surface area contributed by atoms with Crippen LogP contribution in [0.3, 0.4) is 0 Å². The summed E-state index contributed by atoms with van der Waals surface area (Å²) in [6, 6.07) is 8.79. The lowest BCUT2D eigenvalue weighted by molar-refractivity contribution is 0.0322. The van der Waals surface area contributed by atoms with Crippen molar-refractivity contribution in [2.24, 2.45) is 4.99 Å². The fourth-order valence-electron chi connectivity index (χ4n) is 3.81. The Labute approximate surface area is 192 Å². The maximum absolute atomic E-state index is 6.09. The van der Waals surface area contributed by atoms with Gasteiger partial charge in [-0.3, -0.25) is 4.90 Å². The van der Waals surface area contributed by atoms with E-state index in [1.807, 2.05) is 12.1 Å². The first-order chi connectivity index (χ1) is 13.8. The number of aliphatic imine (C=N–C) groups is 1. The largest absolute Gasteiger partial charge is 0.492 e. The Bertz CT molecular complexity index is 602. The van der Waals surface area contributed by atoms with Gasteiger partial charge in [-0.15, -0.1) is 24.0 Å². The summed E-state index contributed by atoms with van der Waals surface area (Å²) in [6.07, 6.45) is 6.48. The Morgan fingerprint density at radius 2 is 1.93 bits per heavy atom. The van der Waals surface area contributed by atoms with Crippen molar-refractivity contribution >= 4 is 29.9 Å². The van der Waals surface area contributed by atoms with Gasteiger partial charge in [0.05, 0.1) is 19.8 Å². The Morgan fingerprint density at radius 3 is 2.69 bits per heavy atom. The summed E-state index contributed by atoms with van der Waals surface area (Å²) < 4.78 is 11.5. The lowest BCUT2D eigenvalue weighted by atomic mass is 9.96. The van der Waals surface area contributed by atoms with E-state index in [-0.39, 0.29) is 24.0 Å². The zero-order valence-corrected chi connectivity index (χ0v) is 20.0. The highest BCUT2D eigenvalue weighted by Crippen LogP contribution is 2.20. The van der Waals surface area contributed by atoms with Gasteiger partial charge in [0.15, 0.2) is 5.96 Å². The van der Waals surface area contributed by atoms with Crippen LogP contribution in [0.4, 0.5) is 0 Å². The van der Waals surface area contributed by atoms with E-state index < -0.39 is 0 Å². The molecule has 1 aliphatic heterocycles. The van der Waals surface area contributed by atoms with Gasteiger partial charge >= 0.3 is 0 Å². The fraction of sp³-hybridized carbons (Fsp3) is 0.682. The van der Waals surface area contributed by atoms with Crippen molar-refractivity contribution in [2.45, 2.75) is 51.6 Å². The summed E-state index contributed by atoms with van der Waals surface area (Å²) in [6.45, 7) is 8.88. The first-order valence-corrected chi connectivity index (χ1v) is 10.9. The predicted molar refractivity (Wildman–Crippen MR) is 129 cm³/mol. The molecule has 0 bridgehead atoms. The molecule has 2 aliphatic rings. The lowest BCUT2D eigenvalue weighted by Gasteiger charge is -2.26. The van der Waals surface area contributed by atoms with Crippen LogP contribution in [0.15, 0.2) is 29.3 Å². The number of ether oxygens (including phenoxy) is 2. The Balaban J connectivity index is 0.00000300. The quantitative estimate of drug-likeness (QED) is 0.315. The number of nitrogens with one attached hydrogen (secondary N) is 2. The molecule has 164 valence electrons. The van der Waals surface area contributed by atoms with Gasteiger partial charge in [0.2, 0.25) is 0 Å². The summed E-state index contributed by atoms with van der Waals surface area (Å²) in [5.41, 5.74) is 1.13. The second kappa shape index (κ2) is 14.0. The van der Waals surface area contributed by atoms with E-state index in [9.17, 15) is 0 Å². The average Bonchev–Trinajstić information content (AvgIpc) is 2.74. The molecule has 29 heavy (non-hydrogen) atoms. The third kappa shape index (κ3) is 8.68. The van der Waals surface area contributed by atoms with Gasteiger partial charge in [-0.1, -0.05) is 37.5 Å². The van der Waals surface area contributed by atoms with Gasteiger partial charge < -0.3 is 20.1 Å². The summed E-state index contributed by atoms with van der Waals surface area (Å²) in [7, 11) is 0. The molecular formula is C22H37IN4O2. The van der Waals surface area contributed by atoms with E-state index in [0.717, 1.165) is 56.7 Å². The van der Waals surface area contributed by atoms with E-state index >= 15 is 0 Å². The van der Waals surface area contributed by atoms with Crippen LogP contribution in [0.2, 0.25) is 0 Å². The fourth-order valence-corrected chi connectivity index (χ4v) is 3.81. The lowest BCUT2D eigenvalue weighted by Crippen LogP contribution is -2.44. The topological polar surface area (TPSA) is 58.1 Å². The van der Waals surface area contributed by atoms with Gasteiger partial charge in [-0.25, -0.2) is 4.99 Å². The molecule has 2 N–H and O–H groups in total. The number of hydrogen-bond donors (Lipinski definition) is 2. The first kappa shape index (κ1) is 24.2. The van der Waals surface area contributed by atoms with Gasteiger partial charge in [0.25, 0.3) is 0 Å². The van der Waals surface area contributed by atoms with Crippen LogP contribution in [-0.4, -0.2) is 62.9 Å². The molecule has 1 saturated carbocycles. The molecule has 0 atom stereocenters. The molecule has 1 aromatic rings. The molecule has 0 spiro atoms. The molecule has 0 radical (unpaired) electrons. The number of para-hydroxylation sites is 1. The highest BCUT2D eigenvalue weighted by atomic mass is 127. The Hall–Kier alpha value is -1.06. The highest BCUT2D eigenvalue weighted by Gasteiger charge is 2.15. The molecule has 1 aliphatic carbocycles. The SMILES string of the molecule is CCNC(=NCc1ccccc1OCCN1CCOCC1)NC1CCCCC1.I. The molecule has 2 fully saturated rings. The molecule has 7 heteroatoms. The first-order valence-electron chi connectivity index (χ1n) is 10.9. The smallest absolute Gasteiger partial charge is 0.191 e. The van der Waals surface area contributed by atoms with Crippen molar-refractivity contribution in [3.63, 3.8) is 0 Å². The number of morpholine rings is 1. The molecule has 1 saturated heterocycles. The van der Waals surface area contributed by atoms with E-state index in [0.29, 0.717) is 19.2 Å². The molecule has 1 aromatic carbocycles. The molecule has 0 amide bonds. The average molecular weight is 516 g/mol. The summed E-state index contributed by atoms with van der Waals surface area (Å²) in [4.78, 5) is 7.21. The van der Waals surface area contributed by atoms with E-state index in [1.54, 1.807) is 0 Å². The maximum atomic E-state index is 6.09. The van der Waals surface area contributed by atoms with Crippen molar-refractivity contribution < 1.29 is 9.47 Å². The zero-order chi connectivity index (χ0) is 19.4. The number of guanidine groups is 1. The van der Waals surface area contributed by atoms with Crippen molar-refractivity contribution in [2.75, 3.05) is 46.0 Å². The third-order valence-electron chi connectivity index (χ3n) is 5.44. The number of hydrogen-bond acceptors (Lipinski definition) is 4. The number of benzene rings is 1. The van der Waals surface area contributed by atoms with Crippen molar-refractivity contribution in [3.05, 3.63) is 29.8 Å². The predicted octanol–water partition coefficient (Wildman–Crippen LogP) is 3.40. The minimum Gasteiger partial charge on any atom is -0.492 e. The third-order valence-corrected chi connectivity index (χ3v) is 5.44. The summed E-state index contributed by atoms with van der Waals surface area (Å²) in [5.74, 6) is 1.85. The van der Waals surface area contributed by atoms with E-state index in [1.165, 1.54) is 32.1 Å². The molecule has 0 unspecified atom stereocenters. The summed E-state index contributed by atoms with van der Waals surface area (Å²) >= 11 is 0. The monoisotopic (exact) mass is 516 g/mol. The van der Waals surface area contributed by atoms with E-state index in [2.05, 4.69) is 34.6 Å². The van der Waals surface area contributed by atoms with E-state index in [4.69, 9.17) is 14.5 Å². The van der Waals surface area contributed by atoms with Crippen molar-refractivity contribution in [3.8, 4) is 5.75 Å². The van der Waals surface area contributed by atoms with Crippen LogP contribution in [0.5, 0.6) is 5.75 Å². The second-order valence-electron chi connectivity index (χ2n) is 7.58. The maximum Gasteiger partial charge on any atom is 0.191 e. The zero-order valence-electron chi connectivity index (χ0n) is 17.7. The normalized spacial score (nSPS) is 18.7. The molecular weight excluding hydrogens is 479 g/mol. The van der Waals surface area contributed by atoms with Crippen LogP contribution in [0.1, 0.15) is 44.6 Å². The minimum atomic E-state index is 0. The van der Waals surface area contributed by atoms with Crippen LogP contribution >= 0.6 is 24.0 Å². The summed E-state index contributed by atoms with van der Waals surface area (Å²) in [5, 5.41) is 7.00. The van der Waals surface area contributed by atoms with Gasteiger partial charge in [-0.2, -0.15) is 0 Å². The van der Waals surface area contributed by atoms with Gasteiger partial charge in [0.1, 0.15) is 12.4 Å². The second-order valence-corrected chi connectivity index (χ2v) is 7.58. The number of nitrogens with zero attached hydrogens (tertiary/aromatic N) is 2. The van der Waals surface area contributed by atoms with Crippen molar-refractivity contribution in [1.29, 1.82) is 0 Å². The number of rotatable bonds is 8. The highest BCUT2D eigenvalue weighted by molar-refractivity contribution is 14.0.